The van der Waals surface area contributed by atoms with Crippen LogP contribution >= 0.6 is 0 Å². The minimum absolute atomic E-state index is 0.141. The topological polar surface area (TPSA) is 122 Å². The number of hydrogen-bond acceptors (Lipinski definition) is 8. The number of aryl methyl sites for hydroxylation is 1. The molecule has 0 atom stereocenters. The first kappa shape index (κ1) is 22.7. The van der Waals surface area contributed by atoms with Gasteiger partial charge in [-0.3, -0.25) is 19.4 Å². The first-order valence-corrected chi connectivity index (χ1v) is 11.4. The molecule has 5 rings (SSSR count). The van der Waals surface area contributed by atoms with E-state index >= 15 is 0 Å². The fraction of sp³-hybridized carbons (Fsp3) is 0.320. The monoisotopic (exact) mass is 471 g/mol. The number of morpholine rings is 1. The summed E-state index contributed by atoms with van der Waals surface area (Å²) in [6.45, 7) is 8.12. The molecular formula is C25H25N7O3. The molecule has 10 heteroatoms. The molecule has 0 unspecified atom stereocenters. The largest absolute Gasteiger partial charge is 0.492 e. The highest BCUT2D eigenvalue weighted by Gasteiger charge is 2.21. The van der Waals surface area contributed by atoms with Gasteiger partial charge in [0.2, 0.25) is 0 Å². The second-order valence-electron chi connectivity index (χ2n) is 8.37. The number of Topliss-reactive ketones (excluding diaryl/α,β-unsaturated/α-hetero) is 1. The molecule has 4 heterocycles. The molecule has 1 fully saturated rings. The Morgan fingerprint density at radius 2 is 2.09 bits per heavy atom. The summed E-state index contributed by atoms with van der Waals surface area (Å²) >= 11 is 0. The average molecular weight is 472 g/mol. The maximum Gasteiger partial charge on any atom is 0.171 e. The van der Waals surface area contributed by atoms with Gasteiger partial charge in [0.25, 0.3) is 0 Å². The van der Waals surface area contributed by atoms with Gasteiger partial charge in [0.1, 0.15) is 30.6 Å². The lowest BCUT2D eigenvalue weighted by Gasteiger charge is -2.26. The Hall–Kier alpha value is -4.07. The van der Waals surface area contributed by atoms with Gasteiger partial charge in [-0.15, -0.1) is 0 Å². The SMILES string of the molecule is CC(=O)c1ccc(-n2cnc3cc(OCCN4CCOCC4)ccc32)nc1-c1c(C#N)n[nH]c1C. The van der Waals surface area contributed by atoms with E-state index < -0.39 is 0 Å². The minimum atomic E-state index is -0.141. The van der Waals surface area contributed by atoms with Gasteiger partial charge in [0.05, 0.1) is 35.5 Å². The quantitative estimate of drug-likeness (QED) is 0.408. The lowest BCUT2D eigenvalue weighted by Crippen LogP contribution is -2.38. The van der Waals surface area contributed by atoms with Gasteiger partial charge in [-0.25, -0.2) is 9.97 Å². The van der Waals surface area contributed by atoms with Crippen molar-refractivity contribution >= 4 is 16.8 Å². The Bertz CT molecular complexity index is 1430. The van der Waals surface area contributed by atoms with Crippen LogP contribution in [0.3, 0.4) is 0 Å². The molecule has 1 saturated heterocycles. The number of hydrogen-bond donors (Lipinski definition) is 1. The molecule has 1 aliphatic heterocycles. The summed E-state index contributed by atoms with van der Waals surface area (Å²) in [5, 5.41) is 16.4. The van der Waals surface area contributed by atoms with Crippen LogP contribution in [0, 0.1) is 18.3 Å². The van der Waals surface area contributed by atoms with Gasteiger partial charge in [0.15, 0.2) is 11.5 Å². The van der Waals surface area contributed by atoms with Gasteiger partial charge in [-0.1, -0.05) is 0 Å². The Balaban J connectivity index is 1.43. The zero-order valence-corrected chi connectivity index (χ0v) is 19.6. The number of pyridine rings is 1. The first-order valence-electron chi connectivity index (χ1n) is 11.4. The molecule has 0 aliphatic carbocycles. The van der Waals surface area contributed by atoms with E-state index in [2.05, 4.69) is 26.2 Å². The molecule has 4 aromatic rings. The van der Waals surface area contributed by atoms with Crippen molar-refractivity contribution in [3.05, 3.63) is 53.6 Å². The van der Waals surface area contributed by atoms with Crippen molar-refractivity contribution in [3.63, 3.8) is 0 Å². The summed E-state index contributed by atoms with van der Waals surface area (Å²) < 4.78 is 13.2. The number of benzene rings is 1. The number of carbonyl (C=O) groups is 1. The van der Waals surface area contributed by atoms with E-state index in [1.807, 2.05) is 22.8 Å². The van der Waals surface area contributed by atoms with Gasteiger partial charge >= 0.3 is 0 Å². The summed E-state index contributed by atoms with van der Waals surface area (Å²) in [5.41, 5.74) is 3.86. The molecule has 1 aliphatic rings. The number of rotatable bonds is 7. The Labute approximate surface area is 202 Å². The van der Waals surface area contributed by atoms with Crippen molar-refractivity contribution in [2.45, 2.75) is 13.8 Å². The van der Waals surface area contributed by atoms with Crippen LogP contribution in [0.1, 0.15) is 28.7 Å². The summed E-state index contributed by atoms with van der Waals surface area (Å²) in [6, 6.07) is 11.3. The van der Waals surface area contributed by atoms with Crippen LogP contribution < -0.4 is 4.74 Å². The molecular weight excluding hydrogens is 446 g/mol. The van der Waals surface area contributed by atoms with Crippen molar-refractivity contribution < 1.29 is 14.3 Å². The van der Waals surface area contributed by atoms with Gasteiger partial charge < -0.3 is 9.47 Å². The third-order valence-corrected chi connectivity index (χ3v) is 6.10. The molecule has 0 saturated carbocycles. The number of fused-ring (bicyclic) bond motifs is 1. The predicted molar refractivity (Wildman–Crippen MR) is 129 cm³/mol. The normalized spacial score (nSPS) is 14.2. The van der Waals surface area contributed by atoms with Crippen LogP contribution in [0.4, 0.5) is 0 Å². The van der Waals surface area contributed by atoms with Crippen LogP contribution in [0.25, 0.3) is 28.1 Å². The summed E-state index contributed by atoms with van der Waals surface area (Å²) in [5.74, 6) is 1.19. The van der Waals surface area contributed by atoms with Gasteiger partial charge in [0, 0.05) is 37.0 Å². The van der Waals surface area contributed by atoms with Gasteiger partial charge in [-0.2, -0.15) is 10.4 Å². The minimum Gasteiger partial charge on any atom is -0.492 e. The van der Waals surface area contributed by atoms with E-state index in [0.29, 0.717) is 34.9 Å². The third-order valence-electron chi connectivity index (χ3n) is 6.10. The third kappa shape index (κ3) is 4.51. The fourth-order valence-electron chi connectivity index (χ4n) is 4.24. The molecule has 0 radical (unpaired) electrons. The Morgan fingerprint density at radius 3 is 2.86 bits per heavy atom. The van der Waals surface area contributed by atoms with E-state index in [1.165, 1.54) is 6.92 Å². The number of aromatic nitrogens is 5. The zero-order chi connectivity index (χ0) is 24.4. The zero-order valence-electron chi connectivity index (χ0n) is 19.6. The highest BCUT2D eigenvalue weighted by molar-refractivity contribution is 6.00. The maximum absolute atomic E-state index is 12.3. The fourth-order valence-corrected chi connectivity index (χ4v) is 4.24. The van der Waals surface area contributed by atoms with Crippen molar-refractivity contribution in [2.75, 3.05) is 39.5 Å². The standard InChI is InChI=1S/C25H25N7O3/c1-16-24(21(14-26)30-29-16)25-19(17(2)33)4-6-23(28-25)32-15-27-20-13-18(3-5-22(20)32)35-12-9-31-7-10-34-11-8-31/h3-6,13,15H,7-12H2,1-2H3,(H,29,30). The number of nitriles is 1. The van der Waals surface area contributed by atoms with Crippen molar-refractivity contribution in [1.82, 2.24) is 29.6 Å². The molecule has 178 valence electrons. The number of carbonyl (C=O) groups excluding carboxylic acids is 1. The van der Waals surface area contributed by atoms with Crippen molar-refractivity contribution in [2.24, 2.45) is 0 Å². The van der Waals surface area contributed by atoms with E-state index in [4.69, 9.17) is 14.5 Å². The van der Waals surface area contributed by atoms with Gasteiger partial charge in [-0.05, 0) is 38.1 Å². The van der Waals surface area contributed by atoms with Crippen LogP contribution in [0.5, 0.6) is 5.75 Å². The summed E-state index contributed by atoms with van der Waals surface area (Å²) in [7, 11) is 0. The summed E-state index contributed by atoms with van der Waals surface area (Å²) in [6.07, 6.45) is 1.69. The number of aromatic amines is 1. The van der Waals surface area contributed by atoms with Crippen molar-refractivity contribution in [1.29, 1.82) is 5.26 Å². The maximum atomic E-state index is 12.3. The van der Waals surface area contributed by atoms with Crippen molar-refractivity contribution in [3.8, 4) is 28.9 Å². The smallest absolute Gasteiger partial charge is 0.171 e. The average Bonchev–Trinajstić information content (AvgIpc) is 3.47. The second-order valence-corrected chi connectivity index (χ2v) is 8.37. The van der Waals surface area contributed by atoms with E-state index in [9.17, 15) is 10.1 Å². The van der Waals surface area contributed by atoms with E-state index in [-0.39, 0.29) is 11.5 Å². The number of ketones is 1. The summed E-state index contributed by atoms with van der Waals surface area (Å²) in [4.78, 5) is 23.9. The van der Waals surface area contributed by atoms with E-state index in [0.717, 1.165) is 49.6 Å². The molecule has 35 heavy (non-hydrogen) atoms. The number of nitrogens with zero attached hydrogens (tertiary/aromatic N) is 6. The highest BCUT2D eigenvalue weighted by atomic mass is 16.5. The lowest BCUT2D eigenvalue weighted by atomic mass is 10.0. The molecule has 1 aromatic carbocycles. The highest BCUT2D eigenvalue weighted by Crippen LogP contribution is 2.30. The number of nitrogens with one attached hydrogen (secondary N) is 1. The Morgan fingerprint density at radius 1 is 1.26 bits per heavy atom. The molecule has 0 bridgehead atoms. The van der Waals surface area contributed by atoms with Crippen LogP contribution in [0.2, 0.25) is 0 Å². The predicted octanol–water partition coefficient (Wildman–Crippen LogP) is 2.90. The molecule has 0 spiro atoms. The first-order chi connectivity index (χ1) is 17.0. The molecule has 10 nitrogen and oxygen atoms in total. The molecule has 3 aromatic heterocycles. The number of H-pyrrole nitrogens is 1. The second kappa shape index (κ2) is 9.66. The van der Waals surface area contributed by atoms with Crippen LogP contribution in [0.15, 0.2) is 36.7 Å². The van der Waals surface area contributed by atoms with Crippen LogP contribution in [-0.4, -0.2) is 74.9 Å². The lowest BCUT2D eigenvalue weighted by molar-refractivity contribution is 0.0322. The number of imidazole rings is 1. The number of ether oxygens (including phenoxy) is 2. The Kier molecular flexibility index (Phi) is 6.27. The van der Waals surface area contributed by atoms with E-state index in [1.54, 1.807) is 25.4 Å². The molecule has 1 N–H and O–H groups in total. The van der Waals surface area contributed by atoms with Crippen LogP contribution in [-0.2, 0) is 4.74 Å². The molecule has 0 amide bonds.